The maximum absolute atomic E-state index is 5.64. The lowest BCUT2D eigenvalue weighted by molar-refractivity contribution is 1.17. The third-order valence-electron chi connectivity index (χ3n) is 1.04. The van der Waals surface area contributed by atoms with Crippen molar-refractivity contribution in [3.8, 4) is 0 Å². The first-order valence-electron chi connectivity index (χ1n) is 2.88. The van der Waals surface area contributed by atoms with Crippen LogP contribution in [0.4, 0.5) is 5.69 Å². The highest BCUT2D eigenvalue weighted by atomic mass is 35.5. The molecular weight excluding hydrogens is 148 g/mol. The summed E-state index contributed by atoms with van der Waals surface area (Å²) in [6.45, 7) is 0. The summed E-state index contributed by atoms with van der Waals surface area (Å²) in [4.78, 5) is 0. The quantitative estimate of drug-likeness (QED) is 0.556. The molecule has 10 heavy (non-hydrogen) atoms. The minimum absolute atomic E-state index is 0.718. The lowest BCUT2D eigenvalue weighted by Crippen LogP contribution is -1.62. The molecule has 0 saturated heterocycles. The zero-order valence-electron chi connectivity index (χ0n) is 5.58. The van der Waals surface area contributed by atoms with Gasteiger partial charge in [-0.2, -0.15) is 10.2 Å². The van der Waals surface area contributed by atoms with E-state index in [2.05, 4.69) is 10.2 Å². The van der Waals surface area contributed by atoms with Gasteiger partial charge in [-0.1, -0.05) is 11.6 Å². The molecule has 0 spiro atoms. The van der Waals surface area contributed by atoms with Crippen molar-refractivity contribution in [1.82, 2.24) is 0 Å². The Morgan fingerprint density at radius 1 is 1.20 bits per heavy atom. The number of halogens is 1. The van der Waals surface area contributed by atoms with E-state index in [0.29, 0.717) is 0 Å². The molecule has 0 aliphatic rings. The normalized spacial score (nSPS) is 10.6. The summed E-state index contributed by atoms with van der Waals surface area (Å²) >= 11 is 5.64. The molecule has 0 N–H and O–H groups in total. The SMILES string of the molecule is CN=Nc1ccc(Cl)cc1. The molecular formula is C7H7ClN2. The minimum Gasteiger partial charge on any atom is -0.192 e. The van der Waals surface area contributed by atoms with Gasteiger partial charge in [0.15, 0.2) is 0 Å². The molecule has 0 fully saturated rings. The molecule has 0 atom stereocenters. The summed E-state index contributed by atoms with van der Waals surface area (Å²) in [6, 6.07) is 7.20. The van der Waals surface area contributed by atoms with Crippen LogP contribution in [0.25, 0.3) is 0 Å². The van der Waals surface area contributed by atoms with Crippen LogP contribution in [0.5, 0.6) is 0 Å². The van der Waals surface area contributed by atoms with Crippen LogP contribution in [0, 0.1) is 0 Å². The van der Waals surface area contributed by atoms with E-state index in [1.165, 1.54) is 0 Å². The molecule has 52 valence electrons. The molecule has 1 aromatic carbocycles. The fourth-order valence-corrected chi connectivity index (χ4v) is 0.749. The highest BCUT2D eigenvalue weighted by Crippen LogP contribution is 2.15. The fraction of sp³-hybridized carbons (Fsp3) is 0.143. The third-order valence-corrected chi connectivity index (χ3v) is 1.29. The van der Waals surface area contributed by atoms with Crippen LogP contribution in [0.1, 0.15) is 0 Å². The van der Waals surface area contributed by atoms with Crippen molar-refractivity contribution in [3.05, 3.63) is 29.3 Å². The van der Waals surface area contributed by atoms with Gasteiger partial charge in [-0.25, -0.2) is 0 Å². The number of hydrogen-bond acceptors (Lipinski definition) is 2. The van der Waals surface area contributed by atoms with Gasteiger partial charge in [-0.05, 0) is 24.3 Å². The first-order chi connectivity index (χ1) is 4.83. The summed E-state index contributed by atoms with van der Waals surface area (Å²) in [7, 11) is 1.63. The summed E-state index contributed by atoms with van der Waals surface area (Å²) in [6.07, 6.45) is 0. The van der Waals surface area contributed by atoms with E-state index in [9.17, 15) is 0 Å². The smallest absolute Gasteiger partial charge is 0.0853 e. The highest BCUT2D eigenvalue weighted by Gasteiger charge is 1.86. The summed E-state index contributed by atoms with van der Waals surface area (Å²) in [5.74, 6) is 0. The van der Waals surface area contributed by atoms with E-state index in [4.69, 9.17) is 11.6 Å². The fourth-order valence-electron chi connectivity index (χ4n) is 0.623. The molecule has 1 rings (SSSR count). The second kappa shape index (κ2) is 3.32. The van der Waals surface area contributed by atoms with Gasteiger partial charge in [0.2, 0.25) is 0 Å². The first kappa shape index (κ1) is 7.22. The van der Waals surface area contributed by atoms with Crippen LogP contribution in [-0.4, -0.2) is 7.05 Å². The molecule has 2 nitrogen and oxygen atoms in total. The predicted octanol–water partition coefficient (Wildman–Crippen LogP) is 3.05. The summed E-state index contributed by atoms with van der Waals surface area (Å²) in [5, 5.41) is 8.15. The van der Waals surface area contributed by atoms with Crippen LogP contribution in [0.3, 0.4) is 0 Å². The maximum atomic E-state index is 5.64. The molecule has 3 heteroatoms. The summed E-state index contributed by atoms with van der Waals surface area (Å²) < 4.78 is 0. The molecule has 0 radical (unpaired) electrons. The van der Waals surface area contributed by atoms with Gasteiger partial charge < -0.3 is 0 Å². The highest BCUT2D eigenvalue weighted by molar-refractivity contribution is 6.30. The molecule has 0 heterocycles. The Bertz CT molecular complexity index is 228. The van der Waals surface area contributed by atoms with Crippen LogP contribution in [-0.2, 0) is 0 Å². The summed E-state index contributed by atoms with van der Waals surface area (Å²) in [5.41, 5.74) is 0.826. The van der Waals surface area contributed by atoms with E-state index in [1.807, 2.05) is 12.1 Å². The Kier molecular flexibility index (Phi) is 2.40. The third kappa shape index (κ3) is 1.81. The van der Waals surface area contributed by atoms with Crippen molar-refractivity contribution < 1.29 is 0 Å². The Balaban J connectivity index is 2.89. The number of azo groups is 1. The number of benzene rings is 1. The Hall–Kier alpha value is -0.890. The van der Waals surface area contributed by atoms with Crippen molar-refractivity contribution in [2.75, 3.05) is 7.05 Å². The van der Waals surface area contributed by atoms with E-state index in [-0.39, 0.29) is 0 Å². The number of rotatable bonds is 1. The van der Waals surface area contributed by atoms with Gasteiger partial charge in [-0.3, -0.25) is 0 Å². The average Bonchev–Trinajstić information content (AvgIpc) is 1.95. The number of hydrogen-bond donors (Lipinski definition) is 0. The van der Waals surface area contributed by atoms with E-state index < -0.39 is 0 Å². The lowest BCUT2D eigenvalue weighted by Gasteiger charge is -1.89. The monoisotopic (exact) mass is 154 g/mol. The Labute approximate surface area is 64.5 Å². The molecule has 0 unspecified atom stereocenters. The minimum atomic E-state index is 0.718. The van der Waals surface area contributed by atoms with Gasteiger partial charge in [0.1, 0.15) is 0 Å². The molecule has 0 amide bonds. The van der Waals surface area contributed by atoms with Crippen LogP contribution < -0.4 is 0 Å². The standard InChI is InChI=1S/C7H7ClN2/c1-9-10-7-4-2-6(8)3-5-7/h2-5H,1H3. The second-order valence-corrected chi connectivity index (χ2v) is 2.21. The van der Waals surface area contributed by atoms with Crippen LogP contribution in [0.15, 0.2) is 34.5 Å². The van der Waals surface area contributed by atoms with Crippen molar-refractivity contribution in [1.29, 1.82) is 0 Å². The second-order valence-electron chi connectivity index (χ2n) is 1.78. The van der Waals surface area contributed by atoms with E-state index >= 15 is 0 Å². The molecule has 1 aromatic rings. The largest absolute Gasteiger partial charge is 0.192 e. The van der Waals surface area contributed by atoms with Crippen molar-refractivity contribution in [3.63, 3.8) is 0 Å². The van der Waals surface area contributed by atoms with Crippen molar-refractivity contribution >= 4 is 17.3 Å². The van der Waals surface area contributed by atoms with Gasteiger partial charge in [-0.15, -0.1) is 0 Å². The lowest BCUT2D eigenvalue weighted by atomic mass is 10.3. The average molecular weight is 155 g/mol. The molecule has 0 saturated carbocycles. The van der Waals surface area contributed by atoms with Crippen molar-refractivity contribution in [2.45, 2.75) is 0 Å². The molecule has 0 aromatic heterocycles. The van der Waals surface area contributed by atoms with Gasteiger partial charge in [0.25, 0.3) is 0 Å². The van der Waals surface area contributed by atoms with E-state index in [1.54, 1.807) is 19.2 Å². The van der Waals surface area contributed by atoms with Crippen LogP contribution >= 0.6 is 11.6 Å². The van der Waals surface area contributed by atoms with Gasteiger partial charge >= 0.3 is 0 Å². The Morgan fingerprint density at radius 3 is 2.30 bits per heavy atom. The molecule has 0 aliphatic heterocycles. The van der Waals surface area contributed by atoms with Gasteiger partial charge in [0, 0.05) is 12.1 Å². The zero-order chi connectivity index (χ0) is 7.40. The van der Waals surface area contributed by atoms with Crippen molar-refractivity contribution in [2.24, 2.45) is 10.2 Å². The topological polar surface area (TPSA) is 24.7 Å². The van der Waals surface area contributed by atoms with Crippen LogP contribution in [0.2, 0.25) is 5.02 Å². The molecule has 0 aliphatic carbocycles. The first-order valence-corrected chi connectivity index (χ1v) is 3.26. The van der Waals surface area contributed by atoms with Gasteiger partial charge in [0.05, 0.1) is 5.69 Å². The Morgan fingerprint density at radius 2 is 1.80 bits per heavy atom. The molecule has 0 bridgehead atoms. The zero-order valence-corrected chi connectivity index (χ0v) is 6.34. The van der Waals surface area contributed by atoms with E-state index in [0.717, 1.165) is 10.7 Å². The number of nitrogens with zero attached hydrogens (tertiary/aromatic N) is 2. The maximum Gasteiger partial charge on any atom is 0.0853 e. The predicted molar refractivity (Wildman–Crippen MR) is 41.9 cm³/mol.